The maximum absolute atomic E-state index is 14.1. The molecule has 25 heavy (non-hydrogen) atoms. The van der Waals surface area contributed by atoms with Crippen LogP contribution in [0.15, 0.2) is 12.1 Å². The highest BCUT2D eigenvalue weighted by molar-refractivity contribution is 5.71. The van der Waals surface area contributed by atoms with Crippen LogP contribution >= 0.6 is 0 Å². The third-order valence-corrected chi connectivity index (χ3v) is 3.50. The Hall–Kier alpha value is -2.19. The van der Waals surface area contributed by atoms with Gasteiger partial charge in [0.1, 0.15) is 17.2 Å². The minimum atomic E-state index is -5.71. The highest BCUT2D eigenvalue weighted by Crippen LogP contribution is 2.42. The molecule has 0 unspecified atom stereocenters. The van der Waals surface area contributed by atoms with Crippen LogP contribution in [0.25, 0.3) is 11.1 Å². The average molecular weight is 372 g/mol. The van der Waals surface area contributed by atoms with Crippen LogP contribution in [0.5, 0.6) is 0 Å². The van der Waals surface area contributed by atoms with E-state index in [0.29, 0.717) is 6.07 Å². The maximum Gasteiger partial charge on any atom is 0.422 e. The average Bonchev–Trinajstić information content (AvgIpc) is 2.45. The minimum Gasteiger partial charge on any atom is -0.207 e. The van der Waals surface area contributed by atoms with Gasteiger partial charge in [0.25, 0.3) is 0 Å². The van der Waals surface area contributed by atoms with Crippen LogP contribution in [0.4, 0.5) is 39.5 Å². The summed E-state index contributed by atoms with van der Waals surface area (Å²) in [6, 6.07) is 0.878. The SMILES string of the molecule is CC(C)c1cc(F)cc(F)c1-c1c(F)c(F)c(C(F)(F)F)c(F)c1F. The summed E-state index contributed by atoms with van der Waals surface area (Å²) in [7, 11) is 0. The van der Waals surface area contributed by atoms with Crippen molar-refractivity contribution in [1.29, 1.82) is 0 Å². The van der Waals surface area contributed by atoms with Crippen molar-refractivity contribution in [1.82, 2.24) is 0 Å². The normalized spacial score (nSPS) is 12.2. The van der Waals surface area contributed by atoms with E-state index in [9.17, 15) is 39.5 Å². The quantitative estimate of drug-likeness (QED) is 0.427. The van der Waals surface area contributed by atoms with Gasteiger partial charge in [-0.25, -0.2) is 26.3 Å². The first-order chi connectivity index (χ1) is 11.4. The topological polar surface area (TPSA) is 0 Å². The molecular weight excluding hydrogens is 363 g/mol. The van der Waals surface area contributed by atoms with E-state index in [1.807, 2.05) is 0 Å². The first kappa shape index (κ1) is 19.1. The lowest BCUT2D eigenvalue weighted by molar-refractivity contribution is -0.143. The Balaban J connectivity index is 2.97. The smallest absolute Gasteiger partial charge is 0.207 e. The van der Waals surface area contributed by atoms with E-state index in [1.165, 1.54) is 13.8 Å². The van der Waals surface area contributed by atoms with Gasteiger partial charge in [0, 0.05) is 11.6 Å². The number of halogens is 9. The van der Waals surface area contributed by atoms with Crippen molar-refractivity contribution in [2.45, 2.75) is 25.9 Å². The van der Waals surface area contributed by atoms with Crippen molar-refractivity contribution in [3.05, 3.63) is 58.2 Å². The second kappa shape index (κ2) is 6.27. The molecule has 0 aliphatic heterocycles. The van der Waals surface area contributed by atoms with Crippen molar-refractivity contribution in [2.75, 3.05) is 0 Å². The molecular formula is C16H9F9. The molecule has 0 N–H and O–H groups in total. The molecule has 0 fully saturated rings. The Morgan fingerprint density at radius 3 is 1.60 bits per heavy atom. The summed E-state index contributed by atoms with van der Waals surface area (Å²) in [5, 5.41) is 0. The molecule has 0 aliphatic rings. The molecule has 0 heterocycles. The summed E-state index contributed by atoms with van der Waals surface area (Å²) in [6.45, 7) is 2.73. The third kappa shape index (κ3) is 3.19. The van der Waals surface area contributed by atoms with Crippen molar-refractivity contribution >= 4 is 0 Å². The molecule has 0 radical (unpaired) electrons. The number of alkyl halides is 3. The fourth-order valence-electron chi connectivity index (χ4n) is 2.41. The third-order valence-electron chi connectivity index (χ3n) is 3.50. The predicted molar refractivity (Wildman–Crippen MR) is 70.7 cm³/mol. The van der Waals surface area contributed by atoms with Gasteiger partial charge in [-0.15, -0.1) is 0 Å². The van der Waals surface area contributed by atoms with Crippen molar-refractivity contribution in [2.24, 2.45) is 0 Å². The van der Waals surface area contributed by atoms with E-state index in [1.54, 1.807) is 0 Å². The van der Waals surface area contributed by atoms with Gasteiger partial charge in [0.05, 0.1) is 5.56 Å². The minimum absolute atomic E-state index is 0.202. The zero-order valence-corrected chi connectivity index (χ0v) is 12.6. The van der Waals surface area contributed by atoms with Crippen LogP contribution in [0.3, 0.4) is 0 Å². The molecule has 136 valence electrons. The van der Waals surface area contributed by atoms with Crippen LogP contribution in [0.2, 0.25) is 0 Å². The monoisotopic (exact) mass is 372 g/mol. The van der Waals surface area contributed by atoms with Gasteiger partial charge in [0.15, 0.2) is 23.3 Å². The van der Waals surface area contributed by atoms with Gasteiger partial charge in [0.2, 0.25) is 0 Å². The molecule has 9 heteroatoms. The summed E-state index contributed by atoms with van der Waals surface area (Å²) in [5.41, 5.74) is -5.84. The van der Waals surface area contributed by atoms with E-state index in [4.69, 9.17) is 0 Å². The first-order valence-electron chi connectivity index (χ1n) is 6.80. The van der Waals surface area contributed by atoms with E-state index >= 15 is 0 Å². The zero-order chi connectivity index (χ0) is 19.3. The van der Waals surface area contributed by atoms with E-state index in [-0.39, 0.29) is 11.6 Å². The van der Waals surface area contributed by atoms with E-state index in [2.05, 4.69) is 0 Å². The first-order valence-corrected chi connectivity index (χ1v) is 6.80. The van der Waals surface area contributed by atoms with Crippen molar-refractivity contribution < 1.29 is 39.5 Å². The fourth-order valence-corrected chi connectivity index (χ4v) is 2.41. The lowest BCUT2D eigenvalue weighted by Crippen LogP contribution is -2.16. The van der Waals surface area contributed by atoms with Crippen LogP contribution in [0.1, 0.15) is 30.9 Å². The highest BCUT2D eigenvalue weighted by atomic mass is 19.4. The molecule has 2 aromatic carbocycles. The molecule has 0 aromatic heterocycles. The van der Waals surface area contributed by atoms with Gasteiger partial charge >= 0.3 is 6.18 Å². The summed E-state index contributed by atoms with van der Waals surface area (Å²) >= 11 is 0. The Morgan fingerprint density at radius 2 is 1.20 bits per heavy atom. The second-order valence-corrected chi connectivity index (χ2v) is 5.51. The number of benzene rings is 2. The van der Waals surface area contributed by atoms with Gasteiger partial charge in [-0.3, -0.25) is 0 Å². The molecule has 0 nitrogen and oxygen atoms in total. The molecule has 0 bridgehead atoms. The van der Waals surface area contributed by atoms with Gasteiger partial charge in [-0.1, -0.05) is 13.8 Å². The van der Waals surface area contributed by atoms with Crippen molar-refractivity contribution in [3.8, 4) is 11.1 Å². The molecule has 0 saturated carbocycles. The largest absolute Gasteiger partial charge is 0.422 e. The van der Waals surface area contributed by atoms with E-state index in [0.717, 1.165) is 0 Å². The molecule has 2 aromatic rings. The molecule has 0 amide bonds. The molecule has 0 saturated heterocycles. The van der Waals surface area contributed by atoms with Crippen molar-refractivity contribution in [3.63, 3.8) is 0 Å². The summed E-state index contributed by atoms with van der Waals surface area (Å²) < 4.78 is 121. The lowest BCUT2D eigenvalue weighted by atomic mass is 9.90. The highest BCUT2D eigenvalue weighted by Gasteiger charge is 2.43. The van der Waals surface area contributed by atoms with E-state index < -0.39 is 63.7 Å². The zero-order valence-electron chi connectivity index (χ0n) is 12.6. The maximum atomic E-state index is 14.1. The van der Waals surface area contributed by atoms with Crippen LogP contribution < -0.4 is 0 Å². The fraction of sp³-hybridized carbons (Fsp3) is 0.250. The lowest BCUT2D eigenvalue weighted by Gasteiger charge is -2.18. The van der Waals surface area contributed by atoms with Crippen LogP contribution in [0, 0.1) is 34.9 Å². The predicted octanol–water partition coefficient (Wildman–Crippen LogP) is 6.33. The second-order valence-electron chi connectivity index (χ2n) is 5.51. The summed E-state index contributed by atoms with van der Waals surface area (Å²) in [5.74, 6) is -13.7. The summed E-state index contributed by atoms with van der Waals surface area (Å²) in [6.07, 6.45) is -5.71. The standard InChI is InChI=1S/C16H9F9/c1-5(2)7-3-6(17)4-8(18)9(7)10-12(19)14(21)11(16(23,24)25)15(22)13(10)20/h3-5H,1-2H3. The number of hydrogen-bond acceptors (Lipinski definition) is 0. The van der Waals surface area contributed by atoms with Crippen LogP contribution in [-0.4, -0.2) is 0 Å². The Labute approximate surface area is 135 Å². The molecule has 2 rings (SSSR count). The number of rotatable bonds is 2. The van der Waals surface area contributed by atoms with Gasteiger partial charge in [-0.05, 0) is 17.5 Å². The molecule has 0 aliphatic carbocycles. The Morgan fingerprint density at radius 1 is 0.720 bits per heavy atom. The van der Waals surface area contributed by atoms with Crippen LogP contribution in [-0.2, 0) is 6.18 Å². The molecule has 0 spiro atoms. The Bertz CT molecular complexity index is 806. The molecule has 0 atom stereocenters. The summed E-state index contributed by atoms with van der Waals surface area (Å²) in [4.78, 5) is 0. The number of hydrogen-bond donors (Lipinski definition) is 0. The van der Waals surface area contributed by atoms with Gasteiger partial charge in [-0.2, -0.15) is 13.2 Å². The Kier molecular flexibility index (Phi) is 4.80. The van der Waals surface area contributed by atoms with Gasteiger partial charge < -0.3 is 0 Å².